The van der Waals surface area contributed by atoms with Gasteiger partial charge in [0.05, 0.1) is 38.0 Å². The third kappa shape index (κ3) is 7.09. The first-order valence-corrected chi connectivity index (χ1v) is 8.72. The lowest BCUT2D eigenvalue weighted by Crippen LogP contribution is -2.47. The van der Waals surface area contributed by atoms with E-state index in [4.69, 9.17) is 21.1 Å². The average molecular weight is 386 g/mol. The van der Waals surface area contributed by atoms with Gasteiger partial charge in [0, 0.05) is 17.7 Å². The molecule has 8 heteroatoms. The molecule has 0 unspecified atom stereocenters. The van der Waals surface area contributed by atoms with Crippen LogP contribution >= 0.6 is 11.6 Å². The monoisotopic (exact) mass is 385 g/mol. The summed E-state index contributed by atoms with van der Waals surface area (Å²) < 4.78 is 10.4. The maximum Gasteiger partial charge on any atom is 0.238 e. The summed E-state index contributed by atoms with van der Waals surface area (Å²) >= 11 is 6.06. The van der Waals surface area contributed by atoms with E-state index in [9.17, 15) is 9.59 Å². The Bertz CT molecular complexity index is 644. The molecule has 2 N–H and O–H groups in total. The number of halogens is 1. The van der Waals surface area contributed by atoms with Gasteiger partial charge in [-0.15, -0.1) is 0 Å². The fraction of sp³-hybridized carbons (Fsp3) is 0.556. The molecular weight excluding hydrogens is 358 g/mol. The zero-order valence-corrected chi connectivity index (χ0v) is 17.0. The number of nitrogens with one attached hydrogen (secondary N) is 2. The number of rotatable bonds is 8. The maximum absolute atomic E-state index is 12.4. The van der Waals surface area contributed by atoms with Crippen LogP contribution in [0.5, 0.6) is 11.5 Å². The smallest absolute Gasteiger partial charge is 0.238 e. The summed E-state index contributed by atoms with van der Waals surface area (Å²) in [6.45, 7) is 8.40. The topological polar surface area (TPSA) is 79.9 Å². The van der Waals surface area contributed by atoms with Gasteiger partial charge in [-0.05, 0) is 27.3 Å². The lowest BCUT2D eigenvalue weighted by atomic mass is 10.1. The van der Waals surface area contributed by atoms with Crippen molar-refractivity contribution < 1.29 is 19.1 Å². The predicted octanol–water partition coefficient (Wildman–Crippen LogP) is 2.53. The molecule has 0 saturated heterocycles. The molecule has 0 heterocycles. The first kappa shape index (κ1) is 22.1. The maximum atomic E-state index is 12.4. The summed E-state index contributed by atoms with van der Waals surface area (Å²) in [7, 11) is 2.98. The Kier molecular flexibility index (Phi) is 8.17. The van der Waals surface area contributed by atoms with E-state index >= 15 is 0 Å². The molecule has 146 valence electrons. The molecule has 0 spiro atoms. The van der Waals surface area contributed by atoms with E-state index in [0.29, 0.717) is 28.8 Å². The van der Waals surface area contributed by atoms with E-state index in [1.54, 1.807) is 17.0 Å². The average Bonchev–Trinajstić information content (AvgIpc) is 2.53. The van der Waals surface area contributed by atoms with Crippen molar-refractivity contribution in [1.29, 1.82) is 0 Å². The Morgan fingerprint density at radius 2 is 1.65 bits per heavy atom. The summed E-state index contributed by atoms with van der Waals surface area (Å²) in [5.41, 5.74) is 0.139. The van der Waals surface area contributed by atoms with Crippen LogP contribution in [-0.2, 0) is 9.59 Å². The summed E-state index contributed by atoms with van der Waals surface area (Å²) in [5, 5.41) is 6.04. The van der Waals surface area contributed by atoms with Crippen LogP contribution in [0.25, 0.3) is 0 Å². The SMILES string of the molecule is CCN(CC(=O)Nc1cc(OC)c(Cl)cc1OC)CC(=O)NC(C)(C)C. The van der Waals surface area contributed by atoms with Gasteiger partial charge in [0.25, 0.3) is 0 Å². The van der Waals surface area contributed by atoms with Gasteiger partial charge >= 0.3 is 0 Å². The van der Waals surface area contributed by atoms with Gasteiger partial charge in [-0.3, -0.25) is 14.5 Å². The molecular formula is C18H28ClN3O4. The van der Waals surface area contributed by atoms with Crippen molar-refractivity contribution in [1.82, 2.24) is 10.2 Å². The van der Waals surface area contributed by atoms with Crippen molar-refractivity contribution in [2.45, 2.75) is 33.2 Å². The molecule has 0 aliphatic heterocycles. The molecule has 7 nitrogen and oxygen atoms in total. The minimum Gasteiger partial charge on any atom is -0.495 e. The molecule has 1 aromatic rings. The summed E-state index contributed by atoms with van der Waals surface area (Å²) in [6, 6.07) is 3.17. The largest absolute Gasteiger partial charge is 0.495 e. The van der Waals surface area contributed by atoms with Gasteiger partial charge < -0.3 is 20.1 Å². The first-order chi connectivity index (χ1) is 12.1. The van der Waals surface area contributed by atoms with Gasteiger partial charge in [0.15, 0.2) is 0 Å². The molecule has 0 aliphatic rings. The van der Waals surface area contributed by atoms with Crippen molar-refractivity contribution in [3.63, 3.8) is 0 Å². The summed E-state index contributed by atoms with van der Waals surface area (Å²) in [6.07, 6.45) is 0. The van der Waals surface area contributed by atoms with Gasteiger partial charge in [0.1, 0.15) is 11.5 Å². The van der Waals surface area contributed by atoms with Crippen LogP contribution in [-0.4, -0.2) is 56.1 Å². The van der Waals surface area contributed by atoms with Crippen LogP contribution in [0, 0.1) is 0 Å². The van der Waals surface area contributed by atoms with Crippen molar-refractivity contribution in [2.24, 2.45) is 0 Å². The summed E-state index contributed by atoms with van der Waals surface area (Å²) in [4.78, 5) is 26.2. The number of hydrogen-bond acceptors (Lipinski definition) is 5. The highest BCUT2D eigenvalue weighted by Crippen LogP contribution is 2.35. The number of amides is 2. The van der Waals surface area contributed by atoms with Crippen LogP contribution in [0.3, 0.4) is 0 Å². The number of carbonyl (C=O) groups excluding carboxylic acids is 2. The quantitative estimate of drug-likeness (QED) is 0.718. The van der Waals surface area contributed by atoms with Crippen LogP contribution in [0.2, 0.25) is 5.02 Å². The Balaban J connectivity index is 2.76. The molecule has 2 amide bonds. The van der Waals surface area contributed by atoms with Gasteiger partial charge in [-0.1, -0.05) is 18.5 Å². The molecule has 26 heavy (non-hydrogen) atoms. The fourth-order valence-electron chi connectivity index (χ4n) is 2.29. The molecule has 1 aromatic carbocycles. The van der Waals surface area contributed by atoms with Gasteiger partial charge in [-0.2, -0.15) is 0 Å². The van der Waals surface area contributed by atoms with Crippen molar-refractivity contribution in [2.75, 3.05) is 39.2 Å². The summed E-state index contributed by atoms with van der Waals surface area (Å²) in [5.74, 6) is 0.466. The lowest BCUT2D eigenvalue weighted by Gasteiger charge is -2.24. The molecule has 0 atom stereocenters. The molecule has 1 rings (SSSR count). The molecule has 0 bridgehead atoms. The number of benzene rings is 1. The van der Waals surface area contributed by atoms with Crippen molar-refractivity contribution in [3.8, 4) is 11.5 Å². The third-order valence-electron chi connectivity index (χ3n) is 3.44. The zero-order valence-electron chi connectivity index (χ0n) is 16.2. The highest BCUT2D eigenvalue weighted by molar-refractivity contribution is 6.32. The fourth-order valence-corrected chi connectivity index (χ4v) is 2.52. The van der Waals surface area contributed by atoms with Crippen LogP contribution in [0.1, 0.15) is 27.7 Å². The molecule has 0 saturated carbocycles. The molecule has 0 radical (unpaired) electrons. The van der Waals surface area contributed by atoms with Crippen molar-refractivity contribution >= 4 is 29.1 Å². The first-order valence-electron chi connectivity index (χ1n) is 8.34. The van der Waals surface area contributed by atoms with E-state index in [1.165, 1.54) is 14.2 Å². The molecule has 0 aliphatic carbocycles. The highest BCUT2D eigenvalue weighted by Gasteiger charge is 2.19. The predicted molar refractivity (Wildman–Crippen MR) is 103 cm³/mol. The van der Waals surface area contributed by atoms with E-state index in [0.717, 1.165) is 0 Å². The molecule has 0 aromatic heterocycles. The number of methoxy groups -OCH3 is 2. The lowest BCUT2D eigenvalue weighted by molar-refractivity contribution is -0.124. The van der Waals surface area contributed by atoms with E-state index in [1.807, 2.05) is 27.7 Å². The van der Waals surface area contributed by atoms with Gasteiger partial charge in [-0.25, -0.2) is 0 Å². The van der Waals surface area contributed by atoms with Crippen LogP contribution in [0.15, 0.2) is 12.1 Å². The number of ether oxygens (including phenoxy) is 2. The Morgan fingerprint density at radius 3 is 2.15 bits per heavy atom. The third-order valence-corrected chi connectivity index (χ3v) is 3.74. The molecule has 0 fully saturated rings. The van der Waals surface area contributed by atoms with Gasteiger partial charge in [0.2, 0.25) is 11.8 Å². The van der Waals surface area contributed by atoms with Crippen LogP contribution < -0.4 is 20.1 Å². The Labute approximate surface area is 160 Å². The number of likely N-dealkylation sites (N-methyl/N-ethyl adjacent to an activating group) is 1. The Hall–Kier alpha value is -1.99. The second kappa shape index (κ2) is 9.64. The standard InChI is InChI=1S/C18H28ClN3O4/c1-7-22(11-17(24)21-18(2,3)4)10-16(23)20-13-9-14(25-5)12(19)8-15(13)26-6/h8-9H,7,10-11H2,1-6H3,(H,20,23)(H,21,24). The number of carbonyl (C=O) groups is 2. The zero-order chi connectivity index (χ0) is 19.9. The minimum absolute atomic E-state index is 0.0716. The van der Waals surface area contributed by atoms with E-state index in [2.05, 4.69) is 10.6 Å². The number of hydrogen-bond donors (Lipinski definition) is 2. The van der Waals surface area contributed by atoms with E-state index < -0.39 is 0 Å². The second-order valence-electron chi connectivity index (χ2n) is 6.84. The second-order valence-corrected chi connectivity index (χ2v) is 7.24. The Morgan fingerprint density at radius 1 is 1.08 bits per heavy atom. The highest BCUT2D eigenvalue weighted by atomic mass is 35.5. The normalized spacial score (nSPS) is 11.2. The minimum atomic E-state index is -0.314. The van der Waals surface area contributed by atoms with Crippen LogP contribution in [0.4, 0.5) is 5.69 Å². The van der Waals surface area contributed by atoms with E-state index in [-0.39, 0.29) is 30.4 Å². The number of nitrogens with zero attached hydrogens (tertiary/aromatic N) is 1. The number of anilines is 1. The van der Waals surface area contributed by atoms with Crippen molar-refractivity contribution in [3.05, 3.63) is 17.2 Å².